The van der Waals surface area contributed by atoms with Crippen molar-refractivity contribution < 1.29 is 9.13 Å². The number of hydrogen-bond acceptors (Lipinski definition) is 3. The molecule has 0 heterocycles. The molecule has 0 aliphatic carbocycles. The van der Waals surface area contributed by atoms with Crippen LogP contribution in [0.4, 0.5) is 4.39 Å². The summed E-state index contributed by atoms with van der Waals surface area (Å²) in [4.78, 5) is 0.937. The van der Waals surface area contributed by atoms with Gasteiger partial charge >= 0.3 is 0 Å². The summed E-state index contributed by atoms with van der Waals surface area (Å²) in [6.45, 7) is 1.12. The number of benzene rings is 1. The molecule has 0 spiro atoms. The number of nitrogens with two attached hydrogens (primary N) is 1. The Morgan fingerprint density at radius 1 is 1.40 bits per heavy atom. The van der Waals surface area contributed by atoms with Crippen molar-refractivity contribution in [3.63, 3.8) is 0 Å². The van der Waals surface area contributed by atoms with Gasteiger partial charge in [0.25, 0.3) is 0 Å². The summed E-state index contributed by atoms with van der Waals surface area (Å²) < 4.78 is 18.0. The third kappa shape index (κ3) is 4.64. The Bertz CT molecular complexity index is 307. The van der Waals surface area contributed by atoms with Crippen molar-refractivity contribution in [3.05, 3.63) is 29.6 Å². The lowest BCUT2D eigenvalue weighted by molar-refractivity contribution is 0.200. The highest BCUT2D eigenvalue weighted by Gasteiger charge is 2.00. The van der Waals surface area contributed by atoms with Gasteiger partial charge in [-0.3, -0.25) is 0 Å². The summed E-state index contributed by atoms with van der Waals surface area (Å²) in [7, 11) is 1.68. The number of methoxy groups -OCH3 is 1. The summed E-state index contributed by atoms with van der Waals surface area (Å²) in [6, 6.07) is 4.94. The Balaban J connectivity index is 2.49. The number of thioether (sulfide) groups is 1. The van der Waals surface area contributed by atoms with Crippen LogP contribution >= 0.6 is 11.8 Å². The molecule has 4 heteroatoms. The molecule has 1 aromatic carbocycles. The highest BCUT2D eigenvalue weighted by atomic mass is 32.2. The zero-order valence-corrected chi connectivity index (χ0v) is 9.65. The number of rotatable bonds is 6. The molecule has 0 aliphatic rings. The molecule has 2 nitrogen and oxygen atoms in total. The normalized spacial score (nSPS) is 10.6. The zero-order chi connectivity index (χ0) is 11.1. The minimum absolute atomic E-state index is 0.216. The van der Waals surface area contributed by atoms with E-state index in [1.165, 1.54) is 12.1 Å². The van der Waals surface area contributed by atoms with Crippen LogP contribution in [-0.4, -0.2) is 19.5 Å². The van der Waals surface area contributed by atoms with Crippen molar-refractivity contribution in [2.75, 3.05) is 19.5 Å². The average Bonchev–Trinajstić information content (AvgIpc) is 2.23. The van der Waals surface area contributed by atoms with E-state index in [2.05, 4.69) is 0 Å². The quantitative estimate of drug-likeness (QED) is 0.601. The fourth-order valence-corrected chi connectivity index (χ4v) is 2.14. The van der Waals surface area contributed by atoms with Crippen LogP contribution in [0.2, 0.25) is 0 Å². The summed E-state index contributed by atoms with van der Waals surface area (Å²) in [5.41, 5.74) is 6.31. The molecule has 0 aliphatic heterocycles. The highest BCUT2D eigenvalue weighted by molar-refractivity contribution is 7.99. The van der Waals surface area contributed by atoms with Gasteiger partial charge in [0.05, 0.1) is 0 Å². The second-order valence-electron chi connectivity index (χ2n) is 3.19. The Kier molecular flexibility index (Phi) is 5.68. The Morgan fingerprint density at radius 2 is 2.20 bits per heavy atom. The summed E-state index contributed by atoms with van der Waals surface area (Å²) in [6.07, 6.45) is 0.968. The van der Waals surface area contributed by atoms with Crippen LogP contribution in [0.25, 0.3) is 0 Å². The predicted molar refractivity (Wildman–Crippen MR) is 61.5 cm³/mol. The van der Waals surface area contributed by atoms with Crippen LogP contribution in [0.1, 0.15) is 12.0 Å². The second-order valence-corrected chi connectivity index (χ2v) is 4.36. The Labute approximate surface area is 94.0 Å². The lowest BCUT2D eigenvalue weighted by atomic mass is 10.2. The molecular formula is C11H16FNOS. The van der Waals surface area contributed by atoms with Gasteiger partial charge in [0.1, 0.15) is 5.82 Å². The minimum Gasteiger partial charge on any atom is -0.385 e. The first-order chi connectivity index (χ1) is 7.26. The molecule has 0 fully saturated rings. The Hall–Kier alpha value is -0.580. The molecule has 1 rings (SSSR count). The van der Waals surface area contributed by atoms with Gasteiger partial charge in [-0.05, 0) is 30.2 Å². The number of ether oxygens (including phenoxy) is 1. The first kappa shape index (κ1) is 12.5. The fraction of sp³-hybridized carbons (Fsp3) is 0.455. The first-order valence-corrected chi connectivity index (χ1v) is 5.86. The SMILES string of the molecule is COCCCSc1cc(F)cc(CN)c1. The molecule has 2 N–H and O–H groups in total. The van der Waals surface area contributed by atoms with Crippen LogP contribution < -0.4 is 5.73 Å². The topological polar surface area (TPSA) is 35.2 Å². The van der Waals surface area contributed by atoms with Crippen molar-refractivity contribution in [2.45, 2.75) is 17.9 Å². The van der Waals surface area contributed by atoms with Crippen LogP contribution in [0.5, 0.6) is 0 Å². The van der Waals surface area contributed by atoms with Crippen LogP contribution in [0.15, 0.2) is 23.1 Å². The van der Waals surface area contributed by atoms with E-state index in [4.69, 9.17) is 10.5 Å². The van der Waals surface area contributed by atoms with Gasteiger partial charge < -0.3 is 10.5 Å². The molecule has 0 saturated carbocycles. The second kappa shape index (κ2) is 6.82. The minimum atomic E-state index is -0.216. The van der Waals surface area contributed by atoms with E-state index in [1.54, 1.807) is 18.9 Å². The van der Waals surface area contributed by atoms with Crippen molar-refractivity contribution in [1.82, 2.24) is 0 Å². The van der Waals surface area contributed by atoms with Gasteiger partial charge in [-0.2, -0.15) is 0 Å². The van der Waals surface area contributed by atoms with E-state index >= 15 is 0 Å². The molecule has 1 aromatic rings. The van der Waals surface area contributed by atoms with Crippen LogP contribution in [0.3, 0.4) is 0 Å². The van der Waals surface area contributed by atoms with Crippen molar-refractivity contribution in [1.29, 1.82) is 0 Å². The number of halogens is 1. The van der Waals surface area contributed by atoms with Gasteiger partial charge in [0.2, 0.25) is 0 Å². The standard InChI is InChI=1S/C11H16FNOS/c1-14-3-2-4-15-11-6-9(8-13)5-10(12)7-11/h5-7H,2-4,8,13H2,1H3. The van der Waals surface area contributed by atoms with Crippen molar-refractivity contribution in [3.8, 4) is 0 Å². The smallest absolute Gasteiger partial charge is 0.124 e. The zero-order valence-electron chi connectivity index (χ0n) is 8.83. The highest BCUT2D eigenvalue weighted by Crippen LogP contribution is 2.21. The molecule has 0 amide bonds. The van der Waals surface area contributed by atoms with Crippen LogP contribution in [0, 0.1) is 5.82 Å². The summed E-state index contributed by atoms with van der Waals surface area (Å²) in [5.74, 6) is 0.716. The van der Waals surface area contributed by atoms with E-state index in [-0.39, 0.29) is 5.82 Å². The van der Waals surface area contributed by atoms with E-state index in [1.807, 2.05) is 6.07 Å². The lowest BCUT2D eigenvalue weighted by Crippen LogP contribution is -1.97. The van der Waals surface area contributed by atoms with Gasteiger partial charge in [0.15, 0.2) is 0 Å². The third-order valence-corrected chi connectivity index (χ3v) is 2.99. The maximum absolute atomic E-state index is 13.1. The molecule has 0 saturated heterocycles. The van der Waals surface area contributed by atoms with E-state index in [9.17, 15) is 4.39 Å². The molecule has 0 aromatic heterocycles. The van der Waals surface area contributed by atoms with Crippen LogP contribution in [-0.2, 0) is 11.3 Å². The summed E-state index contributed by atoms with van der Waals surface area (Å²) in [5, 5.41) is 0. The molecule has 84 valence electrons. The molecule has 0 radical (unpaired) electrons. The van der Waals surface area contributed by atoms with Crippen molar-refractivity contribution in [2.24, 2.45) is 5.73 Å². The van der Waals surface area contributed by atoms with Gasteiger partial charge in [-0.15, -0.1) is 11.8 Å². The molecule has 0 atom stereocenters. The molecule has 0 bridgehead atoms. The average molecular weight is 229 g/mol. The first-order valence-electron chi connectivity index (χ1n) is 4.87. The van der Waals surface area contributed by atoms with Gasteiger partial charge in [-0.25, -0.2) is 4.39 Å². The third-order valence-electron chi connectivity index (χ3n) is 1.93. The monoisotopic (exact) mass is 229 g/mol. The van der Waals surface area contributed by atoms with Gasteiger partial charge in [0, 0.05) is 30.9 Å². The maximum Gasteiger partial charge on any atom is 0.124 e. The molecule has 15 heavy (non-hydrogen) atoms. The predicted octanol–water partition coefficient (Wildman–Crippen LogP) is 2.41. The molecular weight excluding hydrogens is 213 g/mol. The lowest BCUT2D eigenvalue weighted by Gasteiger charge is -2.04. The van der Waals surface area contributed by atoms with Crippen molar-refractivity contribution >= 4 is 11.8 Å². The summed E-state index contributed by atoms with van der Waals surface area (Å²) >= 11 is 1.63. The maximum atomic E-state index is 13.1. The Morgan fingerprint density at radius 3 is 2.87 bits per heavy atom. The van der Waals surface area contributed by atoms with E-state index in [0.717, 1.165) is 29.2 Å². The molecule has 0 unspecified atom stereocenters. The fourth-order valence-electron chi connectivity index (χ4n) is 1.22. The number of hydrogen-bond donors (Lipinski definition) is 1. The van der Waals surface area contributed by atoms with E-state index in [0.29, 0.717) is 6.54 Å². The van der Waals surface area contributed by atoms with E-state index < -0.39 is 0 Å². The largest absolute Gasteiger partial charge is 0.385 e. The van der Waals surface area contributed by atoms with Gasteiger partial charge in [-0.1, -0.05) is 0 Å².